The Morgan fingerprint density at radius 3 is 2.26 bits per heavy atom. The van der Waals surface area contributed by atoms with E-state index in [0.29, 0.717) is 23.2 Å². The molecule has 246 valence electrons. The quantitative estimate of drug-likeness (QED) is 0.235. The molecule has 6 heteroatoms. The van der Waals surface area contributed by atoms with Crippen LogP contribution >= 0.6 is 0 Å². The van der Waals surface area contributed by atoms with Crippen molar-refractivity contribution in [3.05, 3.63) is 23.3 Å². The number of hydrogen-bond acceptors (Lipinski definition) is 6. The number of aliphatic hydroxyl groups excluding tert-OH is 4. The molecule has 4 aliphatic carbocycles. The Morgan fingerprint density at radius 2 is 1.60 bits per heavy atom. The molecule has 3 fully saturated rings. The summed E-state index contributed by atoms with van der Waals surface area (Å²) in [5.41, 5.74) is 5.47. The first kappa shape index (κ1) is 33.6. The summed E-state index contributed by atoms with van der Waals surface area (Å²) in [5, 5.41) is 41.0. The Hall–Kier alpha value is -0.760. The highest BCUT2D eigenvalue weighted by Gasteiger charge is 2.63. The molecule has 0 aromatic rings. The fourth-order valence-corrected chi connectivity index (χ4v) is 11.1. The van der Waals surface area contributed by atoms with E-state index >= 15 is 0 Å². The van der Waals surface area contributed by atoms with Crippen LogP contribution in [0.3, 0.4) is 0 Å². The molecule has 0 bridgehead atoms. The van der Waals surface area contributed by atoms with E-state index in [4.69, 9.17) is 9.47 Å². The van der Waals surface area contributed by atoms with Gasteiger partial charge in [0.05, 0.1) is 12.7 Å². The average molecular weight is 603 g/mol. The van der Waals surface area contributed by atoms with E-state index in [1.54, 1.807) is 11.1 Å². The van der Waals surface area contributed by atoms with Crippen LogP contribution in [0, 0.1) is 45.3 Å². The molecule has 43 heavy (non-hydrogen) atoms. The topological polar surface area (TPSA) is 99.4 Å². The van der Waals surface area contributed by atoms with Crippen LogP contribution in [0.4, 0.5) is 0 Å². The molecule has 0 radical (unpaired) electrons. The summed E-state index contributed by atoms with van der Waals surface area (Å²) in [6.07, 6.45) is 5.35. The number of hydrogen-bond donors (Lipinski definition) is 4. The van der Waals surface area contributed by atoms with Crippen molar-refractivity contribution in [1.82, 2.24) is 0 Å². The van der Waals surface area contributed by atoms with Gasteiger partial charge < -0.3 is 29.9 Å². The summed E-state index contributed by atoms with van der Waals surface area (Å²) in [4.78, 5) is 0. The highest BCUT2D eigenvalue weighted by Crippen LogP contribution is 2.72. The second-order valence-electron chi connectivity index (χ2n) is 16.9. The molecule has 1 heterocycles. The second kappa shape index (κ2) is 11.8. The second-order valence-corrected chi connectivity index (χ2v) is 16.9. The molecule has 5 rings (SSSR count). The average Bonchev–Trinajstić information content (AvgIpc) is 3.24. The highest BCUT2D eigenvalue weighted by molar-refractivity contribution is 5.38. The van der Waals surface area contributed by atoms with Crippen LogP contribution in [-0.2, 0) is 9.47 Å². The van der Waals surface area contributed by atoms with Crippen molar-refractivity contribution in [1.29, 1.82) is 0 Å². The van der Waals surface area contributed by atoms with Gasteiger partial charge in [0.1, 0.15) is 24.4 Å². The fraction of sp³-hybridized carbons (Fsp3) is 0.892. The fourth-order valence-electron chi connectivity index (χ4n) is 11.1. The van der Waals surface area contributed by atoms with Crippen molar-refractivity contribution in [3.8, 4) is 0 Å². The van der Waals surface area contributed by atoms with Gasteiger partial charge in [0.2, 0.25) is 0 Å². The summed E-state index contributed by atoms with van der Waals surface area (Å²) in [6, 6.07) is 0. The monoisotopic (exact) mass is 602 g/mol. The third-order valence-electron chi connectivity index (χ3n) is 14.3. The van der Waals surface area contributed by atoms with Crippen LogP contribution in [0.25, 0.3) is 0 Å². The zero-order valence-corrected chi connectivity index (χ0v) is 28.4. The van der Waals surface area contributed by atoms with Crippen molar-refractivity contribution >= 4 is 0 Å². The Labute approximate surface area is 261 Å². The Morgan fingerprint density at radius 1 is 0.907 bits per heavy atom. The first-order chi connectivity index (χ1) is 20.0. The molecule has 1 aliphatic heterocycles. The summed E-state index contributed by atoms with van der Waals surface area (Å²) < 4.78 is 12.2. The van der Waals surface area contributed by atoms with E-state index in [9.17, 15) is 20.4 Å². The molecule has 0 amide bonds. The minimum atomic E-state index is -1.42. The van der Waals surface area contributed by atoms with Gasteiger partial charge in [0, 0.05) is 0 Å². The summed E-state index contributed by atoms with van der Waals surface area (Å²) in [6.45, 7) is 23.4. The van der Waals surface area contributed by atoms with Crippen molar-refractivity contribution < 1.29 is 29.9 Å². The molecule has 6 nitrogen and oxygen atoms in total. The van der Waals surface area contributed by atoms with Crippen LogP contribution < -0.4 is 0 Å². The summed E-state index contributed by atoms with van der Waals surface area (Å²) in [5.74, 6) is 2.48. The lowest BCUT2D eigenvalue weighted by Crippen LogP contribution is -2.61. The van der Waals surface area contributed by atoms with Crippen molar-refractivity contribution in [2.24, 2.45) is 45.3 Å². The van der Waals surface area contributed by atoms with Crippen molar-refractivity contribution in [2.45, 2.75) is 156 Å². The summed E-state index contributed by atoms with van der Waals surface area (Å²) in [7, 11) is 0. The molecule has 0 spiro atoms. The lowest BCUT2D eigenvalue weighted by molar-refractivity contribution is -0.325. The van der Waals surface area contributed by atoms with E-state index in [1.807, 2.05) is 0 Å². The molecule has 12 atom stereocenters. The zero-order chi connectivity index (χ0) is 31.7. The third kappa shape index (κ3) is 5.23. The van der Waals surface area contributed by atoms with E-state index < -0.39 is 37.3 Å². The molecular weight excluding hydrogens is 540 g/mol. The molecule has 0 aromatic heterocycles. The van der Waals surface area contributed by atoms with Gasteiger partial charge in [-0.1, -0.05) is 78.7 Å². The Balaban J connectivity index is 1.35. The minimum absolute atomic E-state index is 0.120. The first-order valence-electron chi connectivity index (χ1n) is 17.4. The number of fused-ring (bicyclic) bond motifs is 4. The molecule has 4 N–H and O–H groups in total. The SMILES string of the molecule is C=C(CC[C@@H](C)[C@H]1CC[C@@]2(C)C3=C(CC[C@]12C)[C@@]1(C)CC[C@H](O[C@@H]2O[C@H](CO)[C@@H](O)[C@H](O)[C@H]2O)C(C)(C)[C@H]1CC3)C(C)C. The zero-order valence-electron chi connectivity index (χ0n) is 28.4. The van der Waals surface area contributed by atoms with Gasteiger partial charge in [0.15, 0.2) is 6.29 Å². The predicted octanol–water partition coefficient (Wildman–Crippen LogP) is 6.55. The lowest BCUT2D eigenvalue weighted by Gasteiger charge is -2.63. The Bertz CT molecular complexity index is 1080. The van der Waals surface area contributed by atoms with E-state index in [2.05, 4.69) is 62.0 Å². The third-order valence-corrected chi connectivity index (χ3v) is 14.3. The maximum atomic E-state index is 10.7. The van der Waals surface area contributed by atoms with Gasteiger partial charge in [-0.3, -0.25) is 0 Å². The van der Waals surface area contributed by atoms with E-state index in [1.165, 1.54) is 37.7 Å². The maximum absolute atomic E-state index is 10.7. The van der Waals surface area contributed by atoms with Gasteiger partial charge in [-0.2, -0.15) is 0 Å². The predicted molar refractivity (Wildman–Crippen MR) is 170 cm³/mol. The van der Waals surface area contributed by atoms with Gasteiger partial charge in [-0.15, -0.1) is 0 Å². The van der Waals surface area contributed by atoms with Gasteiger partial charge in [-0.25, -0.2) is 0 Å². The molecule has 0 unspecified atom stereocenters. The number of aliphatic hydroxyl groups is 4. The molecule has 1 saturated heterocycles. The number of rotatable bonds is 8. The van der Waals surface area contributed by atoms with Crippen LogP contribution in [0.5, 0.6) is 0 Å². The first-order valence-corrected chi connectivity index (χ1v) is 17.4. The van der Waals surface area contributed by atoms with Gasteiger partial charge >= 0.3 is 0 Å². The number of ether oxygens (including phenoxy) is 2. The number of allylic oxidation sites excluding steroid dienone is 3. The molecule has 5 aliphatic rings. The van der Waals surface area contributed by atoms with Crippen LogP contribution in [-0.4, -0.2) is 63.8 Å². The van der Waals surface area contributed by atoms with Crippen LogP contribution in [0.2, 0.25) is 0 Å². The van der Waals surface area contributed by atoms with Crippen LogP contribution in [0.15, 0.2) is 23.3 Å². The summed E-state index contributed by atoms with van der Waals surface area (Å²) >= 11 is 0. The minimum Gasteiger partial charge on any atom is -0.394 e. The largest absolute Gasteiger partial charge is 0.394 e. The smallest absolute Gasteiger partial charge is 0.186 e. The van der Waals surface area contributed by atoms with E-state index in [-0.39, 0.29) is 22.3 Å². The maximum Gasteiger partial charge on any atom is 0.186 e. The standard InChI is InChI=1S/C37H62O6/c1-21(2)22(3)10-11-23(4)24-14-18-37(9)26-12-13-28-34(5,6)29(16-17-35(28,7)25(26)15-19-36(24,37)8)43-33-32(41)31(40)30(39)27(20-38)42-33/h21,23-24,27-33,38-41H,3,10-20H2,1-2,4-9H3/t23-,24-,27-,28-,29+,30-,31+,32-,33+,35-,36-,37+/m1/s1. The van der Waals surface area contributed by atoms with Crippen molar-refractivity contribution in [2.75, 3.05) is 6.61 Å². The normalized spacial score (nSPS) is 46.7. The van der Waals surface area contributed by atoms with Gasteiger partial charge in [-0.05, 0) is 110 Å². The molecule has 2 saturated carbocycles. The Kier molecular flexibility index (Phi) is 9.22. The molecule has 0 aromatic carbocycles. The van der Waals surface area contributed by atoms with E-state index in [0.717, 1.165) is 38.0 Å². The van der Waals surface area contributed by atoms with Crippen molar-refractivity contribution in [3.63, 3.8) is 0 Å². The van der Waals surface area contributed by atoms with Gasteiger partial charge in [0.25, 0.3) is 0 Å². The highest BCUT2D eigenvalue weighted by atomic mass is 16.7. The lowest BCUT2D eigenvalue weighted by atomic mass is 9.43. The molecular formula is C37H62O6. The van der Waals surface area contributed by atoms with Crippen LogP contribution in [0.1, 0.15) is 120 Å².